The third-order valence-corrected chi connectivity index (χ3v) is 2.78. The summed E-state index contributed by atoms with van der Waals surface area (Å²) in [5.41, 5.74) is 3.68. The van der Waals surface area contributed by atoms with Crippen LogP contribution in [0.25, 0.3) is 22.5 Å². The van der Waals surface area contributed by atoms with Crippen molar-refractivity contribution in [3.05, 3.63) is 54.1 Å². The van der Waals surface area contributed by atoms with Crippen LogP contribution >= 0.6 is 11.6 Å². The fourth-order valence-corrected chi connectivity index (χ4v) is 1.88. The Labute approximate surface area is 109 Å². The Morgan fingerprint density at radius 3 is 2.78 bits per heavy atom. The van der Waals surface area contributed by atoms with E-state index in [1.807, 2.05) is 24.3 Å². The number of nitrogens with zero attached hydrogens (tertiary/aromatic N) is 3. The lowest BCUT2D eigenvalue weighted by Gasteiger charge is -1.96. The van der Waals surface area contributed by atoms with Crippen LogP contribution in [0.3, 0.4) is 0 Å². The molecule has 3 aromatic rings. The Kier molecular flexibility index (Phi) is 2.78. The van der Waals surface area contributed by atoms with Gasteiger partial charge in [0, 0.05) is 29.7 Å². The molecule has 3 rings (SSSR count). The summed E-state index contributed by atoms with van der Waals surface area (Å²) in [4.78, 5) is 8.02. The summed E-state index contributed by atoms with van der Waals surface area (Å²) >= 11 is 5.86. The number of halogens is 1. The Morgan fingerprint density at radius 2 is 2.00 bits per heavy atom. The number of rotatable bonds is 2. The number of nitrogens with one attached hydrogen (secondary N) is 1. The third kappa shape index (κ3) is 2.10. The van der Waals surface area contributed by atoms with Crippen molar-refractivity contribution in [1.29, 1.82) is 0 Å². The van der Waals surface area contributed by atoms with E-state index in [1.54, 1.807) is 24.7 Å². The third-order valence-electron chi connectivity index (χ3n) is 2.57. The topological polar surface area (TPSA) is 54.5 Å². The van der Waals surface area contributed by atoms with Crippen LogP contribution in [0.2, 0.25) is 5.15 Å². The molecule has 4 nitrogen and oxygen atoms in total. The zero-order chi connectivity index (χ0) is 12.4. The highest BCUT2D eigenvalue weighted by molar-refractivity contribution is 6.29. The molecule has 0 atom stereocenters. The smallest absolute Gasteiger partial charge is 0.129 e. The van der Waals surface area contributed by atoms with Crippen molar-refractivity contribution >= 4 is 11.6 Å². The van der Waals surface area contributed by atoms with Gasteiger partial charge in [-0.1, -0.05) is 11.6 Å². The maximum Gasteiger partial charge on any atom is 0.129 e. The van der Waals surface area contributed by atoms with Gasteiger partial charge in [-0.25, -0.2) is 4.98 Å². The number of aromatic amines is 1. The molecule has 0 radical (unpaired) electrons. The molecule has 88 valence electrons. The predicted octanol–water partition coefficient (Wildman–Crippen LogP) is 3.19. The SMILES string of the molecule is Clc1cc(-c2cc(-c3cccnc3)n[nH]2)ccn1. The quantitative estimate of drug-likeness (QED) is 0.717. The van der Waals surface area contributed by atoms with E-state index in [4.69, 9.17) is 11.6 Å². The highest BCUT2D eigenvalue weighted by Gasteiger charge is 2.06. The second kappa shape index (κ2) is 4.58. The molecule has 0 aliphatic heterocycles. The minimum atomic E-state index is 0.463. The Bertz CT molecular complexity index is 664. The normalized spacial score (nSPS) is 10.5. The summed E-state index contributed by atoms with van der Waals surface area (Å²) in [6.07, 6.45) is 5.18. The molecule has 0 bridgehead atoms. The second-order valence-electron chi connectivity index (χ2n) is 3.78. The zero-order valence-corrected chi connectivity index (χ0v) is 10.1. The van der Waals surface area contributed by atoms with Crippen LogP contribution in [-0.4, -0.2) is 20.2 Å². The van der Waals surface area contributed by atoms with Crippen molar-refractivity contribution in [2.45, 2.75) is 0 Å². The first-order valence-electron chi connectivity index (χ1n) is 5.41. The number of pyridine rings is 2. The van der Waals surface area contributed by atoms with Crippen molar-refractivity contribution < 1.29 is 0 Å². The van der Waals surface area contributed by atoms with E-state index in [0.29, 0.717) is 5.15 Å². The maximum atomic E-state index is 5.86. The summed E-state index contributed by atoms with van der Waals surface area (Å²) in [5, 5.41) is 7.71. The van der Waals surface area contributed by atoms with Gasteiger partial charge < -0.3 is 0 Å². The van der Waals surface area contributed by atoms with Gasteiger partial charge in [0.05, 0.1) is 11.4 Å². The molecule has 0 aliphatic carbocycles. The van der Waals surface area contributed by atoms with E-state index in [1.165, 1.54) is 0 Å². The van der Waals surface area contributed by atoms with Crippen molar-refractivity contribution in [2.75, 3.05) is 0 Å². The van der Waals surface area contributed by atoms with Crippen molar-refractivity contribution in [3.63, 3.8) is 0 Å². The number of H-pyrrole nitrogens is 1. The van der Waals surface area contributed by atoms with Crippen molar-refractivity contribution in [2.24, 2.45) is 0 Å². The van der Waals surface area contributed by atoms with Gasteiger partial charge >= 0.3 is 0 Å². The van der Waals surface area contributed by atoms with E-state index in [0.717, 1.165) is 22.5 Å². The van der Waals surface area contributed by atoms with E-state index < -0.39 is 0 Å². The van der Waals surface area contributed by atoms with Gasteiger partial charge in [0.2, 0.25) is 0 Å². The van der Waals surface area contributed by atoms with Gasteiger partial charge in [-0.2, -0.15) is 5.10 Å². The molecule has 0 aliphatic rings. The van der Waals surface area contributed by atoms with E-state index in [2.05, 4.69) is 20.2 Å². The Balaban J connectivity index is 2.00. The molecule has 0 aromatic carbocycles. The molecule has 1 N–H and O–H groups in total. The molecule has 0 saturated heterocycles. The van der Waals surface area contributed by atoms with Gasteiger partial charge in [-0.05, 0) is 30.3 Å². The number of aromatic nitrogens is 4. The van der Waals surface area contributed by atoms with Crippen molar-refractivity contribution in [1.82, 2.24) is 20.2 Å². The summed E-state index contributed by atoms with van der Waals surface area (Å²) in [7, 11) is 0. The monoisotopic (exact) mass is 256 g/mol. The molecule has 0 spiro atoms. The van der Waals surface area contributed by atoms with Crippen LogP contribution in [-0.2, 0) is 0 Å². The molecule has 0 fully saturated rings. The van der Waals surface area contributed by atoms with Gasteiger partial charge in [0.1, 0.15) is 5.15 Å². The Hall–Kier alpha value is -2.20. The lowest BCUT2D eigenvalue weighted by Crippen LogP contribution is -1.79. The maximum absolute atomic E-state index is 5.86. The molecule has 3 aromatic heterocycles. The van der Waals surface area contributed by atoms with Crippen LogP contribution in [0.5, 0.6) is 0 Å². The standard InChI is InChI=1S/C13H9ClN4/c14-13-6-9(3-5-16-13)11-7-12(18-17-11)10-2-1-4-15-8-10/h1-8H,(H,17,18). The van der Waals surface area contributed by atoms with Crippen LogP contribution in [0.1, 0.15) is 0 Å². The minimum absolute atomic E-state index is 0.463. The van der Waals surface area contributed by atoms with Crippen LogP contribution < -0.4 is 0 Å². The number of hydrogen-bond donors (Lipinski definition) is 1. The molecule has 18 heavy (non-hydrogen) atoms. The first-order valence-corrected chi connectivity index (χ1v) is 5.78. The van der Waals surface area contributed by atoms with E-state index >= 15 is 0 Å². The van der Waals surface area contributed by atoms with Crippen LogP contribution in [0, 0.1) is 0 Å². The predicted molar refractivity (Wildman–Crippen MR) is 70.1 cm³/mol. The first kappa shape index (κ1) is 10.9. The van der Waals surface area contributed by atoms with Gasteiger partial charge in [0.25, 0.3) is 0 Å². The molecular weight excluding hydrogens is 248 g/mol. The van der Waals surface area contributed by atoms with E-state index in [-0.39, 0.29) is 0 Å². The largest absolute Gasteiger partial charge is 0.277 e. The summed E-state index contributed by atoms with van der Waals surface area (Å²) in [5.74, 6) is 0. The molecular formula is C13H9ClN4. The minimum Gasteiger partial charge on any atom is -0.277 e. The number of hydrogen-bond acceptors (Lipinski definition) is 3. The zero-order valence-electron chi connectivity index (χ0n) is 9.34. The average molecular weight is 257 g/mol. The van der Waals surface area contributed by atoms with Gasteiger partial charge in [-0.15, -0.1) is 0 Å². The second-order valence-corrected chi connectivity index (χ2v) is 4.16. The van der Waals surface area contributed by atoms with Crippen LogP contribution in [0.4, 0.5) is 0 Å². The molecule has 0 saturated carbocycles. The highest BCUT2D eigenvalue weighted by Crippen LogP contribution is 2.24. The van der Waals surface area contributed by atoms with Gasteiger partial charge in [-0.3, -0.25) is 10.1 Å². The lowest BCUT2D eigenvalue weighted by atomic mass is 10.1. The first-order chi connectivity index (χ1) is 8.83. The fraction of sp³-hybridized carbons (Fsp3) is 0. The molecule has 0 unspecified atom stereocenters. The highest BCUT2D eigenvalue weighted by atomic mass is 35.5. The Morgan fingerprint density at radius 1 is 1.06 bits per heavy atom. The van der Waals surface area contributed by atoms with E-state index in [9.17, 15) is 0 Å². The molecule has 3 heterocycles. The van der Waals surface area contributed by atoms with Crippen LogP contribution in [0.15, 0.2) is 48.9 Å². The summed E-state index contributed by atoms with van der Waals surface area (Å²) in [6.45, 7) is 0. The fourth-order valence-electron chi connectivity index (χ4n) is 1.70. The molecule has 5 heteroatoms. The summed E-state index contributed by atoms with van der Waals surface area (Å²) < 4.78 is 0. The molecule has 0 amide bonds. The van der Waals surface area contributed by atoms with Gasteiger partial charge in [0.15, 0.2) is 0 Å². The average Bonchev–Trinajstić information content (AvgIpc) is 2.89. The lowest BCUT2D eigenvalue weighted by molar-refractivity contribution is 1.10. The van der Waals surface area contributed by atoms with Crippen molar-refractivity contribution in [3.8, 4) is 22.5 Å². The summed E-state index contributed by atoms with van der Waals surface area (Å²) in [6, 6.07) is 9.48.